The molecule has 4 rings (SSSR count). The molecule has 0 aliphatic carbocycles. The molecule has 32 heavy (non-hydrogen) atoms. The Morgan fingerprint density at radius 3 is 2.38 bits per heavy atom. The minimum absolute atomic E-state index is 0.223. The molecule has 8 heteroatoms. The summed E-state index contributed by atoms with van der Waals surface area (Å²) >= 11 is 0. The third-order valence-electron chi connectivity index (χ3n) is 6.07. The van der Waals surface area contributed by atoms with E-state index in [0.29, 0.717) is 16.9 Å². The molecule has 0 saturated carbocycles. The van der Waals surface area contributed by atoms with Gasteiger partial charge in [0.2, 0.25) is 0 Å². The number of aromatic nitrogens is 1. The van der Waals surface area contributed by atoms with Gasteiger partial charge < -0.3 is 25.6 Å². The van der Waals surface area contributed by atoms with E-state index in [2.05, 4.69) is 15.2 Å². The standard InChI is InChI=1S/C24H31N5O3/c1-23(2,3)32-22(31)28-12-10-24(11-13-28)15-29(16-24)20-9-8-17(14-26-20)21(30)27-19-7-5-4-6-18(19)25/h4-9,14H,10-13,15-16,25H2,1-3H3,(H,27,30). The lowest BCUT2D eigenvalue weighted by Crippen LogP contribution is -2.61. The van der Waals surface area contributed by atoms with Gasteiger partial charge in [-0.3, -0.25) is 4.79 Å². The van der Waals surface area contributed by atoms with Crippen molar-refractivity contribution in [3.05, 3.63) is 48.2 Å². The maximum atomic E-state index is 12.5. The molecule has 1 spiro atoms. The number of nitrogens with two attached hydrogens (primary N) is 1. The largest absolute Gasteiger partial charge is 0.444 e. The summed E-state index contributed by atoms with van der Waals surface area (Å²) in [6, 6.07) is 10.8. The number of anilines is 3. The van der Waals surface area contributed by atoms with E-state index in [9.17, 15) is 9.59 Å². The van der Waals surface area contributed by atoms with Crippen LogP contribution in [0.25, 0.3) is 0 Å². The number of nitrogens with zero attached hydrogens (tertiary/aromatic N) is 3. The zero-order chi connectivity index (χ0) is 22.9. The van der Waals surface area contributed by atoms with E-state index in [-0.39, 0.29) is 17.4 Å². The van der Waals surface area contributed by atoms with Gasteiger partial charge in [-0.05, 0) is 57.9 Å². The fourth-order valence-electron chi connectivity index (χ4n) is 4.24. The van der Waals surface area contributed by atoms with E-state index in [0.717, 1.165) is 44.8 Å². The summed E-state index contributed by atoms with van der Waals surface area (Å²) in [7, 11) is 0. The average Bonchev–Trinajstić information content (AvgIpc) is 2.72. The van der Waals surface area contributed by atoms with Crippen LogP contribution in [0.5, 0.6) is 0 Å². The van der Waals surface area contributed by atoms with Gasteiger partial charge in [-0.25, -0.2) is 9.78 Å². The molecule has 2 aromatic rings. The van der Waals surface area contributed by atoms with Gasteiger partial charge in [0.25, 0.3) is 5.91 Å². The van der Waals surface area contributed by atoms with E-state index < -0.39 is 5.60 Å². The number of nitrogen functional groups attached to an aromatic ring is 1. The van der Waals surface area contributed by atoms with Crippen LogP contribution in [0, 0.1) is 5.41 Å². The number of rotatable bonds is 3. The van der Waals surface area contributed by atoms with E-state index in [4.69, 9.17) is 10.5 Å². The second kappa shape index (κ2) is 8.33. The predicted molar refractivity (Wildman–Crippen MR) is 125 cm³/mol. The number of hydrogen-bond acceptors (Lipinski definition) is 6. The minimum atomic E-state index is -0.470. The van der Waals surface area contributed by atoms with Gasteiger partial charge in [0.05, 0.1) is 16.9 Å². The Morgan fingerprint density at radius 1 is 1.09 bits per heavy atom. The monoisotopic (exact) mass is 437 g/mol. The van der Waals surface area contributed by atoms with Crippen molar-refractivity contribution in [2.24, 2.45) is 5.41 Å². The van der Waals surface area contributed by atoms with Crippen LogP contribution >= 0.6 is 0 Å². The van der Waals surface area contributed by atoms with Crippen molar-refractivity contribution in [3.63, 3.8) is 0 Å². The number of nitrogens with one attached hydrogen (secondary N) is 1. The second-order valence-corrected chi connectivity index (χ2v) is 9.77. The molecule has 2 aliphatic rings. The van der Waals surface area contributed by atoms with Gasteiger partial charge in [-0.1, -0.05) is 12.1 Å². The Bertz CT molecular complexity index is 983. The van der Waals surface area contributed by atoms with Crippen molar-refractivity contribution in [2.45, 2.75) is 39.2 Å². The van der Waals surface area contributed by atoms with Crippen molar-refractivity contribution >= 4 is 29.2 Å². The first-order valence-electron chi connectivity index (χ1n) is 11.0. The quantitative estimate of drug-likeness (QED) is 0.709. The highest BCUT2D eigenvalue weighted by Crippen LogP contribution is 2.42. The summed E-state index contributed by atoms with van der Waals surface area (Å²) in [6.45, 7) is 8.93. The number of benzene rings is 1. The molecule has 8 nitrogen and oxygen atoms in total. The first-order chi connectivity index (χ1) is 15.1. The first-order valence-corrected chi connectivity index (χ1v) is 11.0. The lowest BCUT2D eigenvalue weighted by atomic mass is 9.72. The number of carbonyl (C=O) groups is 2. The Balaban J connectivity index is 1.29. The molecule has 2 fully saturated rings. The Morgan fingerprint density at radius 2 is 1.78 bits per heavy atom. The van der Waals surface area contributed by atoms with Crippen LogP contribution in [0.2, 0.25) is 0 Å². The second-order valence-electron chi connectivity index (χ2n) is 9.77. The summed E-state index contributed by atoms with van der Waals surface area (Å²) < 4.78 is 5.49. The average molecular weight is 438 g/mol. The lowest BCUT2D eigenvalue weighted by molar-refractivity contribution is 0.00589. The highest BCUT2D eigenvalue weighted by molar-refractivity contribution is 6.05. The molecule has 2 aliphatic heterocycles. The van der Waals surface area contributed by atoms with Crippen LogP contribution in [-0.2, 0) is 4.74 Å². The molecule has 0 unspecified atom stereocenters. The van der Waals surface area contributed by atoms with Crippen molar-refractivity contribution in [1.82, 2.24) is 9.88 Å². The molecule has 1 aromatic carbocycles. The molecular formula is C24H31N5O3. The lowest BCUT2D eigenvalue weighted by Gasteiger charge is -2.54. The molecule has 3 heterocycles. The summed E-state index contributed by atoms with van der Waals surface area (Å²) in [4.78, 5) is 33.3. The highest BCUT2D eigenvalue weighted by atomic mass is 16.6. The van der Waals surface area contributed by atoms with Gasteiger partial charge in [0.1, 0.15) is 11.4 Å². The van der Waals surface area contributed by atoms with Crippen molar-refractivity contribution in [2.75, 3.05) is 42.1 Å². The fraction of sp³-hybridized carbons (Fsp3) is 0.458. The van der Waals surface area contributed by atoms with E-state index in [1.54, 1.807) is 24.4 Å². The maximum absolute atomic E-state index is 12.5. The van der Waals surface area contributed by atoms with E-state index in [1.807, 2.05) is 43.9 Å². The van der Waals surface area contributed by atoms with Crippen molar-refractivity contribution in [3.8, 4) is 0 Å². The molecule has 3 N–H and O–H groups in total. The molecule has 1 aromatic heterocycles. The Labute approximate surface area is 188 Å². The van der Waals surface area contributed by atoms with Crippen LogP contribution in [0.1, 0.15) is 44.0 Å². The third kappa shape index (κ3) is 4.79. The Hall–Kier alpha value is -3.29. The predicted octanol–water partition coefficient (Wildman–Crippen LogP) is 3.75. The van der Waals surface area contributed by atoms with Gasteiger partial charge in [0.15, 0.2) is 0 Å². The molecule has 2 saturated heterocycles. The highest BCUT2D eigenvalue weighted by Gasteiger charge is 2.46. The molecule has 0 bridgehead atoms. The minimum Gasteiger partial charge on any atom is -0.444 e. The SMILES string of the molecule is CC(C)(C)OC(=O)N1CCC2(CC1)CN(c1ccc(C(=O)Nc3ccccc3N)cn1)C2. The number of likely N-dealkylation sites (tertiary alicyclic amines) is 1. The number of para-hydroxylation sites is 2. The van der Waals surface area contributed by atoms with Crippen LogP contribution in [0.4, 0.5) is 22.0 Å². The number of amides is 2. The smallest absolute Gasteiger partial charge is 0.410 e. The van der Waals surface area contributed by atoms with Gasteiger partial charge in [-0.2, -0.15) is 0 Å². The van der Waals surface area contributed by atoms with Gasteiger partial charge in [0, 0.05) is 37.8 Å². The molecule has 170 valence electrons. The van der Waals surface area contributed by atoms with Crippen LogP contribution in [0.15, 0.2) is 42.6 Å². The fourth-order valence-corrected chi connectivity index (χ4v) is 4.24. The van der Waals surface area contributed by atoms with Crippen LogP contribution in [0.3, 0.4) is 0 Å². The van der Waals surface area contributed by atoms with Crippen LogP contribution in [-0.4, -0.2) is 53.7 Å². The summed E-state index contributed by atoms with van der Waals surface area (Å²) in [5.74, 6) is 0.623. The summed E-state index contributed by atoms with van der Waals surface area (Å²) in [5.41, 5.74) is 7.24. The Kier molecular flexibility index (Phi) is 5.71. The number of hydrogen-bond donors (Lipinski definition) is 2. The maximum Gasteiger partial charge on any atom is 0.410 e. The van der Waals surface area contributed by atoms with Crippen molar-refractivity contribution < 1.29 is 14.3 Å². The zero-order valence-electron chi connectivity index (χ0n) is 18.9. The summed E-state index contributed by atoms with van der Waals surface area (Å²) in [6.07, 6.45) is 3.29. The van der Waals surface area contributed by atoms with Gasteiger partial charge >= 0.3 is 6.09 Å². The molecule has 0 radical (unpaired) electrons. The molecule has 2 amide bonds. The van der Waals surface area contributed by atoms with Gasteiger partial charge in [-0.15, -0.1) is 0 Å². The number of carbonyl (C=O) groups excluding carboxylic acids is 2. The van der Waals surface area contributed by atoms with Crippen molar-refractivity contribution in [1.29, 1.82) is 0 Å². The number of pyridine rings is 1. The third-order valence-corrected chi connectivity index (χ3v) is 6.07. The number of ether oxygens (including phenoxy) is 1. The first kappa shape index (κ1) is 21.9. The summed E-state index contributed by atoms with van der Waals surface area (Å²) in [5, 5.41) is 2.82. The number of piperidine rings is 1. The molecule has 0 atom stereocenters. The van der Waals surface area contributed by atoms with E-state index >= 15 is 0 Å². The van der Waals surface area contributed by atoms with Crippen LogP contribution < -0.4 is 16.0 Å². The molecular weight excluding hydrogens is 406 g/mol. The normalized spacial score (nSPS) is 17.6. The zero-order valence-corrected chi connectivity index (χ0v) is 18.9. The van der Waals surface area contributed by atoms with E-state index in [1.165, 1.54) is 0 Å². The topological polar surface area (TPSA) is 101 Å².